The Morgan fingerprint density at radius 2 is 2.06 bits per heavy atom. The van der Waals surface area contributed by atoms with Crippen LogP contribution in [0.3, 0.4) is 0 Å². The van der Waals surface area contributed by atoms with E-state index in [1.807, 2.05) is 12.1 Å². The number of aryl methyl sites for hydroxylation is 1. The zero-order valence-electron chi connectivity index (χ0n) is 10.1. The molecule has 2 unspecified atom stereocenters. The van der Waals surface area contributed by atoms with E-state index in [9.17, 15) is 4.39 Å². The number of benzene rings is 1. The summed E-state index contributed by atoms with van der Waals surface area (Å²) < 4.78 is 13.0. The number of halogens is 1. The molecule has 0 radical (unpaired) electrons. The lowest BCUT2D eigenvalue weighted by Crippen LogP contribution is -2.17. The first-order chi connectivity index (χ1) is 7.75. The van der Waals surface area contributed by atoms with Gasteiger partial charge >= 0.3 is 0 Å². The number of hydrogen-bond donors (Lipinski definition) is 0. The van der Waals surface area contributed by atoms with Gasteiger partial charge in [0.05, 0.1) is 0 Å². The van der Waals surface area contributed by atoms with E-state index in [2.05, 4.69) is 6.92 Å². The first-order valence-corrected chi connectivity index (χ1v) is 6.50. The van der Waals surface area contributed by atoms with Crippen LogP contribution in [-0.4, -0.2) is 0 Å². The fourth-order valence-corrected chi connectivity index (χ4v) is 2.87. The van der Waals surface area contributed by atoms with Crippen molar-refractivity contribution in [1.29, 1.82) is 0 Å². The molecule has 0 aromatic heterocycles. The molecule has 1 saturated carbocycles. The van der Waals surface area contributed by atoms with Crippen LogP contribution in [0.1, 0.15) is 44.6 Å². The highest BCUT2D eigenvalue weighted by Crippen LogP contribution is 2.32. The summed E-state index contributed by atoms with van der Waals surface area (Å²) in [6.07, 6.45) is 7.80. The molecule has 1 aromatic carbocycles. The Kier molecular flexibility index (Phi) is 3.98. The summed E-state index contributed by atoms with van der Waals surface area (Å²) in [5, 5.41) is 0. The third-order valence-corrected chi connectivity index (χ3v) is 3.98. The van der Waals surface area contributed by atoms with Gasteiger partial charge in [-0.3, -0.25) is 0 Å². The van der Waals surface area contributed by atoms with Gasteiger partial charge in [0.1, 0.15) is 5.82 Å². The van der Waals surface area contributed by atoms with E-state index >= 15 is 0 Å². The largest absolute Gasteiger partial charge is 0.207 e. The van der Waals surface area contributed by atoms with Crippen LogP contribution in [0.15, 0.2) is 24.3 Å². The predicted octanol–water partition coefficient (Wildman–Crippen LogP) is 4.58. The molecular weight excluding hydrogens is 199 g/mol. The maximum atomic E-state index is 13.0. The van der Waals surface area contributed by atoms with Crippen molar-refractivity contribution in [1.82, 2.24) is 0 Å². The highest BCUT2D eigenvalue weighted by Gasteiger charge is 2.20. The van der Waals surface area contributed by atoms with Crippen molar-refractivity contribution in [2.75, 3.05) is 0 Å². The monoisotopic (exact) mass is 220 g/mol. The van der Waals surface area contributed by atoms with Crippen LogP contribution in [0, 0.1) is 17.7 Å². The van der Waals surface area contributed by atoms with Gasteiger partial charge in [-0.2, -0.15) is 0 Å². The fourth-order valence-electron chi connectivity index (χ4n) is 2.87. The van der Waals surface area contributed by atoms with Crippen LogP contribution < -0.4 is 0 Å². The van der Waals surface area contributed by atoms with Crippen molar-refractivity contribution in [2.24, 2.45) is 11.8 Å². The molecule has 1 aliphatic rings. The van der Waals surface area contributed by atoms with Crippen LogP contribution in [-0.2, 0) is 6.42 Å². The van der Waals surface area contributed by atoms with Crippen LogP contribution in [0.25, 0.3) is 0 Å². The second kappa shape index (κ2) is 5.47. The molecule has 2 atom stereocenters. The van der Waals surface area contributed by atoms with Gasteiger partial charge in [0.15, 0.2) is 0 Å². The molecule has 0 N–H and O–H groups in total. The minimum atomic E-state index is -0.103. The zero-order valence-corrected chi connectivity index (χ0v) is 10.1. The summed E-state index contributed by atoms with van der Waals surface area (Å²) in [4.78, 5) is 0. The lowest BCUT2D eigenvalue weighted by atomic mass is 9.77. The van der Waals surface area contributed by atoms with Crippen molar-refractivity contribution in [3.63, 3.8) is 0 Å². The SMILES string of the molecule is CC1CCCCC1CCc1cccc(F)c1. The molecule has 16 heavy (non-hydrogen) atoms. The van der Waals surface area contributed by atoms with E-state index < -0.39 is 0 Å². The topological polar surface area (TPSA) is 0 Å². The van der Waals surface area contributed by atoms with E-state index in [0.717, 1.165) is 23.8 Å². The third kappa shape index (κ3) is 3.07. The summed E-state index contributed by atoms with van der Waals surface area (Å²) >= 11 is 0. The zero-order chi connectivity index (χ0) is 11.4. The Bertz CT molecular complexity index is 332. The van der Waals surface area contributed by atoms with Gasteiger partial charge in [-0.15, -0.1) is 0 Å². The van der Waals surface area contributed by atoms with Crippen molar-refractivity contribution in [2.45, 2.75) is 45.4 Å². The van der Waals surface area contributed by atoms with E-state index in [4.69, 9.17) is 0 Å². The third-order valence-electron chi connectivity index (χ3n) is 3.98. The minimum Gasteiger partial charge on any atom is -0.207 e. The molecule has 0 nitrogen and oxygen atoms in total. The molecule has 0 saturated heterocycles. The van der Waals surface area contributed by atoms with Gasteiger partial charge in [-0.05, 0) is 42.4 Å². The minimum absolute atomic E-state index is 0.103. The molecule has 1 heteroatoms. The Morgan fingerprint density at radius 1 is 1.25 bits per heavy atom. The Labute approximate surface area is 97.9 Å². The van der Waals surface area contributed by atoms with Crippen LogP contribution in [0.5, 0.6) is 0 Å². The average Bonchev–Trinajstić information content (AvgIpc) is 2.28. The van der Waals surface area contributed by atoms with E-state index in [-0.39, 0.29) is 5.82 Å². The summed E-state index contributed by atoms with van der Waals surface area (Å²) in [5.41, 5.74) is 1.15. The molecule has 0 amide bonds. The molecule has 88 valence electrons. The van der Waals surface area contributed by atoms with Gasteiger partial charge in [-0.1, -0.05) is 44.7 Å². The van der Waals surface area contributed by atoms with Gasteiger partial charge < -0.3 is 0 Å². The molecule has 1 fully saturated rings. The van der Waals surface area contributed by atoms with Crippen molar-refractivity contribution in [3.8, 4) is 0 Å². The highest BCUT2D eigenvalue weighted by atomic mass is 19.1. The normalized spacial score (nSPS) is 25.6. The molecule has 0 heterocycles. The number of rotatable bonds is 3. The summed E-state index contributed by atoms with van der Waals surface area (Å²) in [6.45, 7) is 2.37. The van der Waals surface area contributed by atoms with Gasteiger partial charge in [0.2, 0.25) is 0 Å². The van der Waals surface area contributed by atoms with Crippen molar-refractivity contribution in [3.05, 3.63) is 35.6 Å². The highest BCUT2D eigenvalue weighted by molar-refractivity contribution is 5.16. The predicted molar refractivity (Wildman–Crippen MR) is 65.8 cm³/mol. The summed E-state index contributed by atoms with van der Waals surface area (Å²) in [5.74, 6) is 1.62. The van der Waals surface area contributed by atoms with Gasteiger partial charge in [0, 0.05) is 0 Å². The Balaban J connectivity index is 1.86. The lowest BCUT2D eigenvalue weighted by Gasteiger charge is -2.28. The molecular formula is C15H21F. The van der Waals surface area contributed by atoms with E-state index in [1.165, 1.54) is 38.2 Å². The van der Waals surface area contributed by atoms with Crippen LogP contribution in [0.2, 0.25) is 0 Å². The Hall–Kier alpha value is -0.850. The maximum Gasteiger partial charge on any atom is 0.123 e. The Morgan fingerprint density at radius 3 is 2.81 bits per heavy atom. The molecule has 1 aliphatic carbocycles. The van der Waals surface area contributed by atoms with Crippen molar-refractivity contribution >= 4 is 0 Å². The first-order valence-electron chi connectivity index (χ1n) is 6.50. The van der Waals surface area contributed by atoms with Crippen LogP contribution in [0.4, 0.5) is 4.39 Å². The van der Waals surface area contributed by atoms with E-state index in [0.29, 0.717) is 0 Å². The molecule has 0 bridgehead atoms. The van der Waals surface area contributed by atoms with Gasteiger partial charge in [0.25, 0.3) is 0 Å². The molecule has 0 aliphatic heterocycles. The second-order valence-corrected chi connectivity index (χ2v) is 5.19. The fraction of sp³-hybridized carbons (Fsp3) is 0.600. The second-order valence-electron chi connectivity index (χ2n) is 5.19. The average molecular weight is 220 g/mol. The maximum absolute atomic E-state index is 13.0. The molecule has 1 aromatic rings. The smallest absolute Gasteiger partial charge is 0.123 e. The van der Waals surface area contributed by atoms with Gasteiger partial charge in [-0.25, -0.2) is 4.39 Å². The standard InChI is InChI=1S/C15H21F/c1-12-5-2-3-7-14(12)10-9-13-6-4-8-15(16)11-13/h4,6,8,11-12,14H,2-3,5,7,9-10H2,1H3. The van der Waals surface area contributed by atoms with E-state index in [1.54, 1.807) is 6.07 Å². The molecule has 0 spiro atoms. The first kappa shape index (κ1) is 11.6. The summed E-state index contributed by atoms with van der Waals surface area (Å²) in [6, 6.07) is 7.05. The summed E-state index contributed by atoms with van der Waals surface area (Å²) in [7, 11) is 0. The van der Waals surface area contributed by atoms with Crippen LogP contribution >= 0.6 is 0 Å². The van der Waals surface area contributed by atoms with Crippen molar-refractivity contribution < 1.29 is 4.39 Å². The molecule has 2 rings (SSSR count). The number of hydrogen-bond acceptors (Lipinski definition) is 0. The quantitative estimate of drug-likeness (QED) is 0.699. The lowest BCUT2D eigenvalue weighted by molar-refractivity contribution is 0.242.